The van der Waals surface area contributed by atoms with Crippen molar-refractivity contribution in [2.45, 2.75) is 24.9 Å². The van der Waals surface area contributed by atoms with Gasteiger partial charge in [-0.05, 0) is 24.5 Å². The van der Waals surface area contributed by atoms with Crippen LogP contribution >= 0.6 is 12.2 Å². The molecule has 0 aromatic carbocycles. The summed E-state index contributed by atoms with van der Waals surface area (Å²) in [5.74, 6) is 0.342. The van der Waals surface area contributed by atoms with E-state index in [-0.39, 0.29) is 0 Å². The number of nitrogens with zero attached hydrogens (tertiary/aromatic N) is 2. The fraction of sp³-hybridized carbons (Fsp3) is 0.600. The van der Waals surface area contributed by atoms with E-state index in [2.05, 4.69) is 10.3 Å². The maximum absolute atomic E-state index is 10.9. The van der Waals surface area contributed by atoms with Crippen LogP contribution in [-0.4, -0.2) is 59.2 Å². The standard InChI is InChI=1S/C15H20BN3OS/c16-19-6-3-13(4-7-19)15(20,11-19)10-18-14(21)8-12-2-1-5-17-9-12/h1-2,5,9,13,20H,3-4,6-8,10-11H2/q-1/p+1. The van der Waals surface area contributed by atoms with Crippen molar-refractivity contribution in [1.29, 1.82) is 0 Å². The average Bonchev–Trinajstić information content (AvgIpc) is 2.46. The molecule has 0 saturated carbocycles. The Balaban J connectivity index is 1.56. The van der Waals surface area contributed by atoms with Gasteiger partial charge in [-0.3, -0.25) is 4.98 Å². The highest BCUT2D eigenvalue weighted by molar-refractivity contribution is 7.80. The molecule has 1 aromatic heterocycles. The molecule has 0 spiro atoms. The number of hydrogen-bond acceptors (Lipinski definition) is 3. The van der Waals surface area contributed by atoms with Crippen LogP contribution in [0.4, 0.5) is 0 Å². The van der Waals surface area contributed by atoms with E-state index >= 15 is 0 Å². The molecule has 0 amide bonds. The number of quaternary nitrogens is 1. The minimum Gasteiger partial charge on any atom is -0.586 e. The molecule has 3 aliphatic heterocycles. The molecule has 0 aliphatic carbocycles. The molecule has 3 saturated heterocycles. The molecule has 1 aromatic rings. The van der Waals surface area contributed by atoms with E-state index < -0.39 is 5.60 Å². The zero-order valence-electron chi connectivity index (χ0n) is 12.2. The maximum Gasteiger partial charge on any atom is 0.129 e. The lowest BCUT2D eigenvalue weighted by atomic mass is 9.71. The van der Waals surface area contributed by atoms with E-state index in [1.165, 1.54) is 0 Å². The molecular formula is C15H21BN3OS. The summed E-state index contributed by atoms with van der Waals surface area (Å²) in [6.07, 6.45) is 6.23. The average molecular weight is 302 g/mol. The fourth-order valence-electron chi connectivity index (χ4n) is 3.65. The number of nitrogens with one attached hydrogen (secondary N) is 1. The van der Waals surface area contributed by atoms with Crippen LogP contribution in [0.2, 0.25) is 0 Å². The zero-order chi connectivity index (χ0) is 14.9. The monoisotopic (exact) mass is 302 g/mol. The molecule has 2 bridgehead atoms. The van der Waals surface area contributed by atoms with E-state index in [9.17, 15) is 5.11 Å². The van der Waals surface area contributed by atoms with Gasteiger partial charge in [-0.1, -0.05) is 18.3 Å². The molecule has 4 rings (SSSR count). The predicted octanol–water partition coefficient (Wildman–Crippen LogP) is 0.596. The normalized spacial score (nSPS) is 34.7. The third-order valence-electron chi connectivity index (χ3n) is 4.87. The van der Waals surface area contributed by atoms with Crippen molar-refractivity contribution in [2.24, 2.45) is 5.92 Å². The van der Waals surface area contributed by atoms with Crippen molar-refractivity contribution in [3.63, 3.8) is 0 Å². The van der Waals surface area contributed by atoms with Crippen LogP contribution in [0.15, 0.2) is 24.5 Å². The van der Waals surface area contributed by atoms with E-state index in [0.29, 0.717) is 29.8 Å². The Hall–Kier alpha value is -0.975. The third kappa shape index (κ3) is 3.28. The van der Waals surface area contributed by atoms with Crippen LogP contribution in [0.1, 0.15) is 18.4 Å². The van der Waals surface area contributed by atoms with Crippen molar-refractivity contribution in [1.82, 2.24) is 10.3 Å². The lowest BCUT2D eigenvalue weighted by Crippen LogP contribution is -2.70. The molecule has 6 heteroatoms. The molecule has 21 heavy (non-hydrogen) atoms. The maximum atomic E-state index is 10.9. The van der Waals surface area contributed by atoms with E-state index in [4.69, 9.17) is 20.2 Å². The number of aliphatic hydroxyl groups is 1. The molecule has 1 atom stereocenters. The first kappa shape index (κ1) is 14.9. The van der Waals surface area contributed by atoms with Gasteiger partial charge in [0.25, 0.3) is 0 Å². The molecule has 4 heterocycles. The Kier molecular flexibility index (Phi) is 4.03. The molecule has 2 N–H and O–H groups in total. The van der Waals surface area contributed by atoms with Gasteiger partial charge >= 0.3 is 0 Å². The van der Waals surface area contributed by atoms with Gasteiger partial charge in [-0.2, -0.15) is 0 Å². The summed E-state index contributed by atoms with van der Waals surface area (Å²) in [6.45, 7) is 3.08. The summed E-state index contributed by atoms with van der Waals surface area (Å²) in [7, 11) is 6.31. The van der Waals surface area contributed by atoms with Crippen LogP contribution in [0.25, 0.3) is 0 Å². The SMILES string of the molecule is [B-][N+]12CCC(CC1)C(O)(CNC(=S)Cc1cccnc1)C2. The Morgan fingerprint density at radius 2 is 2.29 bits per heavy atom. The predicted molar refractivity (Wildman–Crippen MR) is 86.8 cm³/mol. The van der Waals surface area contributed by atoms with Crippen LogP contribution in [-0.2, 0) is 6.42 Å². The minimum atomic E-state index is -0.732. The number of fused-ring (bicyclic) bond motifs is 3. The van der Waals surface area contributed by atoms with Gasteiger partial charge in [0, 0.05) is 44.4 Å². The van der Waals surface area contributed by atoms with Crippen LogP contribution in [0, 0.1) is 5.92 Å². The first-order valence-electron chi connectivity index (χ1n) is 7.52. The summed E-state index contributed by atoms with van der Waals surface area (Å²) in [4.78, 5) is 4.83. The minimum absolute atomic E-state index is 0.342. The Labute approximate surface area is 132 Å². The van der Waals surface area contributed by atoms with Gasteiger partial charge in [0.05, 0.1) is 11.5 Å². The second-order valence-corrected chi connectivity index (χ2v) is 7.01. The molecule has 1 unspecified atom stereocenters. The second-order valence-electron chi connectivity index (χ2n) is 6.52. The smallest absolute Gasteiger partial charge is 0.129 e. The topological polar surface area (TPSA) is 45.1 Å². The third-order valence-corrected chi connectivity index (χ3v) is 5.16. The Morgan fingerprint density at radius 3 is 2.90 bits per heavy atom. The Bertz CT molecular complexity index is 519. The summed E-state index contributed by atoms with van der Waals surface area (Å²) >= 11 is 5.38. The van der Waals surface area contributed by atoms with Crippen molar-refractivity contribution in [3.05, 3.63) is 30.1 Å². The van der Waals surface area contributed by atoms with E-state index in [1.54, 1.807) is 6.20 Å². The van der Waals surface area contributed by atoms with Gasteiger partial charge in [0.15, 0.2) is 0 Å². The number of thiocarbonyl (C=S) groups is 1. The molecule has 3 radical (unpaired) electrons. The van der Waals surface area contributed by atoms with Gasteiger partial charge in [-0.25, -0.2) is 7.98 Å². The van der Waals surface area contributed by atoms with Gasteiger partial charge in [-0.15, -0.1) is 0 Å². The van der Waals surface area contributed by atoms with Gasteiger partial charge in [0.1, 0.15) is 5.60 Å². The highest BCUT2D eigenvalue weighted by atomic mass is 32.1. The van der Waals surface area contributed by atoms with Crippen LogP contribution < -0.4 is 5.32 Å². The van der Waals surface area contributed by atoms with Crippen molar-refractivity contribution >= 4 is 25.2 Å². The van der Waals surface area contributed by atoms with Gasteiger partial charge in [0.2, 0.25) is 0 Å². The number of aromatic nitrogens is 1. The summed E-state index contributed by atoms with van der Waals surface area (Å²) < 4.78 is 0.504. The highest BCUT2D eigenvalue weighted by Gasteiger charge is 2.48. The summed E-state index contributed by atoms with van der Waals surface area (Å²) in [5, 5.41) is 14.1. The molecule has 4 nitrogen and oxygen atoms in total. The first-order valence-corrected chi connectivity index (χ1v) is 7.93. The quantitative estimate of drug-likeness (QED) is 0.631. The van der Waals surface area contributed by atoms with Crippen LogP contribution in [0.3, 0.4) is 0 Å². The number of rotatable bonds is 4. The summed E-state index contributed by atoms with van der Waals surface area (Å²) in [6, 6.07) is 3.91. The zero-order valence-corrected chi connectivity index (χ0v) is 13.0. The van der Waals surface area contributed by atoms with E-state index in [1.807, 2.05) is 18.3 Å². The number of hydrogen-bond donors (Lipinski definition) is 2. The summed E-state index contributed by atoms with van der Waals surface area (Å²) in [5.41, 5.74) is 0.350. The molecule has 111 valence electrons. The molecular weight excluding hydrogens is 281 g/mol. The number of piperidine rings is 3. The Morgan fingerprint density at radius 1 is 1.52 bits per heavy atom. The lowest BCUT2D eigenvalue weighted by molar-refractivity contribution is -0.846. The first-order chi connectivity index (χ1) is 9.99. The van der Waals surface area contributed by atoms with Crippen molar-refractivity contribution < 1.29 is 9.50 Å². The van der Waals surface area contributed by atoms with Crippen molar-refractivity contribution in [3.8, 4) is 0 Å². The largest absolute Gasteiger partial charge is 0.586 e. The number of pyridine rings is 1. The van der Waals surface area contributed by atoms with Crippen molar-refractivity contribution in [2.75, 3.05) is 26.2 Å². The van der Waals surface area contributed by atoms with Crippen LogP contribution in [0.5, 0.6) is 0 Å². The molecule has 3 fully saturated rings. The van der Waals surface area contributed by atoms with Gasteiger partial charge < -0.3 is 14.8 Å². The second kappa shape index (κ2) is 5.67. The molecule has 3 aliphatic rings. The highest BCUT2D eigenvalue weighted by Crippen LogP contribution is 2.38. The fourth-order valence-corrected chi connectivity index (χ4v) is 3.89. The lowest BCUT2D eigenvalue weighted by Gasteiger charge is -2.64. The van der Waals surface area contributed by atoms with E-state index in [0.717, 1.165) is 36.5 Å².